The maximum Gasteiger partial charge on any atom is 0.251 e. The Bertz CT molecular complexity index is 1000. The van der Waals surface area contributed by atoms with Gasteiger partial charge in [0, 0.05) is 12.7 Å². The third kappa shape index (κ3) is 2.38. The van der Waals surface area contributed by atoms with Crippen molar-refractivity contribution in [2.24, 2.45) is 0 Å². The van der Waals surface area contributed by atoms with Gasteiger partial charge in [-0.05, 0) is 36.8 Å². The lowest BCUT2D eigenvalue weighted by atomic mass is 9.94. The fourth-order valence-electron chi connectivity index (χ4n) is 3.35. The van der Waals surface area contributed by atoms with Crippen LogP contribution in [0.1, 0.15) is 18.5 Å². The summed E-state index contributed by atoms with van der Waals surface area (Å²) in [5.41, 5.74) is 3.89. The second kappa shape index (κ2) is 5.73. The number of carbonyl (C=O) groups excluding carboxylic acids is 1. The zero-order valence-electron chi connectivity index (χ0n) is 13.9. The van der Waals surface area contributed by atoms with Crippen molar-refractivity contribution in [3.8, 4) is 0 Å². The molecule has 5 nitrogen and oxygen atoms in total. The van der Waals surface area contributed by atoms with Crippen LogP contribution in [0.2, 0.25) is 0 Å². The van der Waals surface area contributed by atoms with Gasteiger partial charge in [0.1, 0.15) is 5.82 Å². The smallest absolute Gasteiger partial charge is 0.251 e. The van der Waals surface area contributed by atoms with Crippen molar-refractivity contribution >= 4 is 22.9 Å². The molecule has 3 aromatic rings. The van der Waals surface area contributed by atoms with Crippen molar-refractivity contribution < 1.29 is 9.18 Å². The Morgan fingerprint density at radius 2 is 1.92 bits per heavy atom. The fourth-order valence-corrected chi connectivity index (χ4v) is 3.35. The standard InChI is InChI=1S/C19H17FN4O/c1-11-16(18(25)21-2)17(12-7-9-13(20)10-8-12)24-15-6-4-3-5-14(15)23-19(24)22-11/h3-10,17H,1-2H3,(H,21,25)(H,22,23)/t17-/m0/s1. The molecular weight excluding hydrogens is 319 g/mol. The average Bonchev–Trinajstić information content (AvgIpc) is 2.98. The second-order valence-corrected chi connectivity index (χ2v) is 5.99. The number of fused-ring (bicyclic) bond motifs is 3. The number of halogens is 1. The predicted molar refractivity (Wildman–Crippen MR) is 94.7 cm³/mol. The SMILES string of the molecule is CNC(=O)C1=C(C)Nc2nc3ccccc3n2[C@H]1c1ccc(F)cc1. The zero-order valence-corrected chi connectivity index (χ0v) is 13.9. The first-order valence-electron chi connectivity index (χ1n) is 8.02. The number of hydrogen-bond acceptors (Lipinski definition) is 3. The quantitative estimate of drug-likeness (QED) is 0.755. The van der Waals surface area contributed by atoms with Gasteiger partial charge < -0.3 is 10.6 Å². The molecule has 0 radical (unpaired) electrons. The molecule has 2 aromatic carbocycles. The molecule has 0 bridgehead atoms. The number of aromatic nitrogens is 2. The van der Waals surface area contributed by atoms with E-state index in [0.29, 0.717) is 11.5 Å². The van der Waals surface area contributed by atoms with Crippen molar-refractivity contribution in [3.63, 3.8) is 0 Å². The van der Waals surface area contributed by atoms with E-state index in [4.69, 9.17) is 0 Å². The molecule has 1 aliphatic heterocycles. The van der Waals surface area contributed by atoms with Crippen LogP contribution in [-0.2, 0) is 4.79 Å². The minimum absolute atomic E-state index is 0.178. The number of para-hydroxylation sites is 2. The summed E-state index contributed by atoms with van der Waals surface area (Å²) in [4.78, 5) is 17.2. The first-order valence-corrected chi connectivity index (χ1v) is 8.02. The molecule has 2 heterocycles. The van der Waals surface area contributed by atoms with Gasteiger partial charge in [0.2, 0.25) is 5.95 Å². The summed E-state index contributed by atoms with van der Waals surface area (Å²) >= 11 is 0. The summed E-state index contributed by atoms with van der Waals surface area (Å²) in [6.07, 6.45) is 0. The first-order chi connectivity index (χ1) is 12.1. The zero-order chi connectivity index (χ0) is 17.6. The van der Waals surface area contributed by atoms with Crippen molar-refractivity contribution in [1.82, 2.24) is 14.9 Å². The fraction of sp³-hybridized carbons (Fsp3) is 0.158. The molecule has 1 atom stereocenters. The van der Waals surface area contributed by atoms with E-state index in [0.717, 1.165) is 22.3 Å². The lowest BCUT2D eigenvalue weighted by Gasteiger charge is -2.30. The monoisotopic (exact) mass is 336 g/mol. The number of allylic oxidation sites excluding steroid dienone is 1. The molecule has 2 N–H and O–H groups in total. The van der Waals surface area contributed by atoms with Gasteiger partial charge >= 0.3 is 0 Å². The number of nitrogens with zero attached hydrogens (tertiary/aromatic N) is 2. The van der Waals surface area contributed by atoms with Crippen molar-refractivity contribution in [1.29, 1.82) is 0 Å². The molecule has 0 saturated carbocycles. The molecule has 6 heteroatoms. The number of carbonyl (C=O) groups is 1. The molecule has 1 amide bonds. The lowest BCUT2D eigenvalue weighted by Crippen LogP contribution is -2.33. The summed E-state index contributed by atoms with van der Waals surface area (Å²) < 4.78 is 15.4. The number of nitrogens with one attached hydrogen (secondary N) is 2. The Kier molecular flexibility index (Phi) is 3.53. The summed E-state index contributed by atoms with van der Waals surface area (Å²) in [7, 11) is 1.60. The highest BCUT2D eigenvalue weighted by molar-refractivity contribution is 5.97. The van der Waals surface area contributed by atoms with Crippen LogP contribution in [0.25, 0.3) is 11.0 Å². The van der Waals surface area contributed by atoms with Gasteiger partial charge in [-0.2, -0.15) is 0 Å². The van der Waals surface area contributed by atoms with Crippen LogP contribution in [0.3, 0.4) is 0 Å². The number of anilines is 1. The van der Waals surface area contributed by atoms with Gasteiger partial charge in [0.05, 0.1) is 22.6 Å². The van der Waals surface area contributed by atoms with Crippen LogP contribution in [0.4, 0.5) is 10.3 Å². The lowest BCUT2D eigenvalue weighted by molar-refractivity contribution is -0.117. The van der Waals surface area contributed by atoms with Crippen molar-refractivity contribution in [3.05, 3.63) is 71.2 Å². The normalized spacial score (nSPS) is 16.5. The van der Waals surface area contributed by atoms with Crippen molar-refractivity contribution in [2.45, 2.75) is 13.0 Å². The van der Waals surface area contributed by atoms with Gasteiger partial charge in [0.15, 0.2) is 0 Å². The Labute approximate surface area is 144 Å². The average molecular weight is 336 g/mol. The molecule has 4 rings (SSSR count). The van der Waals surface area contributed by atoms with E-state index in [1.807, 2.05) is 35.8 Å². The second-order valence-electron chi connectivity index (χ2n) is 5.99. The van der Waals surface area contributed by atoms with Crippen LogP contribution in [0.5, 0.6) is 0 Å². The number of amides is 1. The van der Waals surface area contributed by atoms with E-state index < -0.39 is 0 Å². The van der Waals surface area contributed by atoms with Gasteiger partial charge in [-0.15, -0.1) is 0 Å². The Hall–Kier alpha value is -3.15. The molecule has 0 fully saturated rings. The van der Waals surface area contributed by atoms with Crippen LogP contribution < -0.4 is 10.6 Å². The summed E-state index contributed by atoms with van der Waals surface area (Å²) in [6.45, 7) is 1.85. The van der Waals surface area contributed by atoms with Crippen LogP contribution in [-0.4, -0.2) is 22.5 Å². The Morgan fingerprint density at radius 1 is 1.20 bits per heavy atom. The maximum absolute atomic E-state index is 13.4. The van der Waals surface area contributed by atoms with Gasteiger partial charge in [-0.3, -0.25) is 9.36 Å². The number of imidazole rings is 1. The first kappa shape index (κ1) is 15.4. The molecule has 0 aliphatic carbocycles. The summed E-state index contributed by atoms with van der Waals surface area (Å²) in [6, 6.07) is 13.6. The Morgan fingerprint density at radius 3 is 2.64 bits per heavy atom. The Balaban J connectivity index is 2.01. The van der Waals surface area contributed by atoms with Crippen LogP contribution >= 0.6 is 0 Å². The van der Waals surface area contributed by atoms with E-state index in [1.54, 1.807) is 19.2 Å². The minimum Gasteiger partial charge on any atom is -0.355 e. The van der Waals surface area contributed by atoms with Crippen molar-refractivity contribution in [2.75, 3.05) is 12.4 Å². The molecule has 1 aromatic heterocycles. The third-order valence-corrected chi connectivity index (χ3v) is 4.49. The maximum atomic E-state index is 13.4. The van der Waals surface area contributed by atoms with E-state index in [9.17, 15) is 9.18 Å². The number of hydrogen-bond donors (Lipinski definition) is 2. The molecule has 0 unspecified atom stereocenters. The molecule has 1 aliphatic rings. The van der Waals surface area contributed by atoms with Gasteiger partial charge in [0.25, 0.3) is 5.91 Å². The molecular formula is C19H17FN4O. The third-order valence-electron chi connectivity index (χ3n) is 4.49. The summed E-state index contributed by atoms with van der Waals surface area (Å²) in [5.74, 6) is 0.180. The van der Waals surface area contributed by atoms with E-state index in [2.05, 4.69) is 15.6 Å². The largest absolute Gasteiger partial charge is 0.355 e. The topological polar surface area (TPSA) is 59.0 Å². The molecule has 25 heavy (non-hydrogen) atoms. The van der Waals surface area contributed by atoms with E-state index in [1.165, 1.54) is 12.1 Å². The number of benzene rings is 2. The van der Waals surface area contributed by atoms with Gasteiger partial charge in [-0.1, -0.05) is 24.3 Å². The molecule has 0 spiro atoms. The van der Waals surface area contributed by atoms with Crippen LogP contribution in [0, 0.1) is 5.82 Å². The highest BCUT2D eigenvalue weighted by Gasteiger charge is 2.33. The predicted octanol–water partition coefficient (Wildman–Crippen LogP) is 3.21. The minimum atomic E-state index is -0.385. The highest BCUT2D eigenvalue weighted by Crippen LogP contribution is 2.38. The molecule has 0 saturated heterocycles. The van der Waals surface area contributed by atoms with Gasteiger partial charge in [-0.25, -0.2) is 9.37 Å². The highest BCUT2D eigenvalue weighted by atomic mass is 19.1. The number of likely N-dealkylation sites (N-methyl/N-ethyl adjacent to an activating group) is 1. The van der Waals surface area contributed by atoms with E-state index >= 15 is 0 Å². The molecule has 126 valence electrons. The van der Waals surface area contributed by atoms with Crippen LogP contribution in [0.15, 0.2) is 59.8 Å². The number of rotatable bonds is 2. The summed E-state index contributed by atoms with van der Waals surface area (Å²) in [5, 5.41) is 5.92. The van der Waals surface area contributed by atoms with E-state index in [-0.39, 0.29) is 17.8 Å².